The van der Waals surface area contributed by atoms with E-state index in [1.165, 1.54) is 0 Å². The van der Waals surface area contributed by atoms with Gasteiger partial charge in [-0.15, -0.1) is 6.58 Å². The van der Waals surface area contributed by atoms with Crippen LogP contribution < -0.4 is 5.32 Å². The Morgan fingerprint density at radius 3 is 3.04 bits per heavy atom. The molecule has 0 unspecified atom stereocenters. The van der Waals surface area contributed by atoms with E-state index in [0.717, 1.165) is 16.6 Å². The minimum absolute atomic E-state index is 0.190. The number of aromatic amines is 1. The molecule has 0 aliphatic rings. The van der Waals surface area contributed by atoms with Gasteiger partial charge in [-0.3, -0.25) is 4.79 Å². The van der Waals surface area contributed by atoms with Crippen molar-refractivity contribution >= 4 is 44.0 Å². The van der Waals surface area contributed by atoms with Crippen molar-refractivity contribution in [2.45, 2.75) is 13.1 Å². The summed E-state index contributed by atoms with van der Waals surface area (Å²) in [5, 5.41) is 2.90. The van der Waals surface area contributed by atoms with Crippen molar-refractivity contribution in [3.63, 3.8) is 0 Å². The molecule has 4 rings (SSSR count). The van der Waals surface area contributed by atoms with E-state index in [9.17, 15) is 4.79 Å². The molecule has 2 N–H and O–H groups in total. The summed E-state index contributed by atoms with van der Waals surface area (Å²) in [7, 11) is 0. The van der Waals surface area contributed by atoms with Crippen molar-refractivity contribution in [1.82, 2.24) is 19.9 Å². The van der Waals surface area contributed by atoms with Gasteiger partial charge in [-0.2, -0.15) is 0 Å². The number of rotatable bonds is 5. The van der Waals surface area contributed by atoms with Gasteiger partial charge < -0.3 is 19.3 Å². The van der Waals surface area contributed by atoms with Gasteiger partial charge in [-0.1, -0.05) is 18.2 Å². The van der Waals surface area contributed by atoms with Gasteiger partial charge in [0.15, 0.2) is 10.3 Å². The lowest BCUT2D eigenvalue weighted by molar-refractivity contribution is 0.0941. The van der Waals surface area contributed by atoms with Crippen molar-refractivity contribution in [3.8, 4) is 0 Å². The number of hydrogen-bond donors (Lipinski definition) is 2. The first-order chi connectivity index (χ1) is 12.2. The second-order valence-corrected chi connectivity index (χ2v) is 6.39. The number of para-hydroxylation sites is 2. The molecule has 0 fully saturated rings. The molecule has 0 saturated carbocycles. The van der Waals surface area contributed by atoms with E-state index in [0.29, 0.717) is 34.9 Å². The van der Waals surface area contributed by atoms with Gasteiger partial charge >= 0.3 is 0 Å². The zero-order chi connectivity index (χ0) is 17.4. The Labute approximate surface area is 151 Å². The molecular weight excluding hydrogens is 384 g/mol. The topological polar surface area (TPSA) is 75.8 Å². The van der Waals surface area contributed by atoms with Crippen molar-refractivity contribution in [3.05, 3.63) is 65.2 Å². The summed E-state index contributed by atoms with van der Waals surface area (Å²) in [5.74, 6) is 0.521. The number of fused-ring (bicyclic) bond motifs is 2. The number of allylic oxidation sites excluding steroid dienone is 1. The molecular formula is C18H15BrN4O2. The number of nitrogens with zero attached hydrogens (tertiary/aromatic N) is 2. The normalized spacial score (nSPS) is 11.2. The third-order valence-corrected chi connectivity index (χ3v) is 4.35. The fraction of sp³-hybridized carbons (Fsp3) is 0.111. The minimum atomic E-state index is -0.190. The highest BCUT2D eigenvalue weighted by Crippen LogP contribution is 2.27. The van der Waals surface area contributed by atoms with Crippen LogP contribution in [-0.2, 0) is 13.1 Å². The second-order valence-electron chi connectivity index (χ2n) is 5.61. The van der Waals surface area contributed by atoms with Gasteiger partial charge in [0.1, 0.15) is 11.5 Å². The van der Waals surface area contributed by atoms with Gasteiger partial charge in [0.2, 0.25) is 0 Å². The fourth-order valence-electron chi connectivity index (χ4n) is 2.87. The largest absolute Gasteiger partial charge is 0.448 e. The number of benzene rings is 1. The van der Waals surface area contributed by atoms with Crippen LogP contribution in [0, 0.1) is 0 Å². The first-order valence-corrected chi connectivity index (χ1v) is 8.56. The van der Waals surface area contributed by atoms with Gasteiger partial charge in [0.25, 0.3) is 5.91 Å². The zero-order valence-corrected chi connectivity index (χ0v) is 14.8. The summed E-state index contributed by atoms with van der Waals surface area (Å²) >= 11 is 3.31. The fourth-order valence-corrected chi connectivity index (χ4v) is 3.26. The SMILES string of the molecule is C=CCn1c(C(=O)NCc2nc3ccccc3[nH]2)cc2oc(Br)cc21. The third-order valence-electron chi connectivity index (χ3n) is 3.96. The molecule has 1 amide bonds. The van der Waals surface area contributed by atoms with Gasteiger partial charge in [-0.05, 0) is 28.1 Å². The van der Waals surface area contributed by atoms with Crippen molar-refractivity contribution in [2.75, 3.05) is 0 Å². The maximum absolute atomic E-state index is 12.6. The molecule has 7 heteroatoms. The second kappa shape index (κ2) is 6.25. The number of carbonyl (C=O) groups is 1. The Bertz CT molecular complexity index is 1060. The predicted molar refractivity (Wildman–Crippen MR) is 99.4 cm³/mol. The highest BCUT2D eigenvalue weighted by Gasteiger charge is 2.18. The molecule has 6 nitrogen and oxygen atoms in total. The first kappa shape index (κ1) is 15.7. The lowest BCUT2D eigenvalue weighted by Gasteiger charge is -2.07. The van der Waals surface area contributed by atoms with E-state index in [1.54, 1.807) is 12.1 Å². The average molecular weight is 399 g/mol. The van der Waals surface area contributed by atoms with Crippen molar-refractivity contribution in [1.29, 1.82) is 0 Å². The highest BCUT2D eigenvalue weighted by molar-refractivity contribution is 9.10. The smallest absolute Gasteiger partial charge is 0.268 e. The lowest BCUT2D eigenvalue weighted by Crippen LogP contribution is -2.25. The van der Waals surface area contributed by atoms with Crippen molar-refractivity contribution < 1.29 is 9.21 Å². The summed E-state index contributed by atoms with van der Waals surface area (Å²) < 4.78 is 8.05. The van der Waals surface area contributed by atoms with Crippen LogP contribution in [-0.4, -0.2) is 20.4 Å². The molecule has 3 aromatic heterocycles. The van der Waals surface area contributed by atoms with Crippen LogP contribution >= 0.6 is 15.9 Å². The van der Waals surface area contributed by atoms with Crippen LogP contribution in [0.2, 0.25) is 0 Å². The number of halogens is 1. The van der Waals surface area contributed by atoms with Crippen molar-refractivity contribution in [2.24, 2.45) is 0 Å². The maximum Gasteiger partial charge on any atom is 0.268 e. The molecule has 0 spiro atoms. The number of imidazole rings is 1. The Morgan fingerprint density at radius 1 is 1.40 bits per heavy atom. The molecule has 126 valence electrons. The molecule has 0 atom stereocenters. The molecule has 4 aromatic rings. The number of carbonyl (C=O) groups excluding carboxylic acids is 1. The molecule has 0 bridgehead atoms. The first-order valence-electron chi connectivity index (χ1n) is 7.77. The molecule has 0 radical (unpaired) electrons. The summed E-state index contributed by atoms with van der Waals surface area (Å²) in [6.45, 7) is 4.59. The van der Waals surface area contributed by atoms with Gasteiger partial charge in [-0.25, -0.2) is 4.98 Å². The van der Waals surface area contributed by atoms with Crippen LogP contribution in [0.3, 0.4) is 0 Å². The number of hydrogen-bond acceptors (Lipinski definition) is 3. The minimum Gasteiger partial charge on any atom is -0.448 e. The molecule has 25 heavy (non-hydrogen) atoms. The summed E-state index contributed by atoms with van der Waals surface area (Å²) in [6.07, 6.45) is 1.75. The molecule has 1 aromatic carbocycles. The standard InChI is InChI=1S/C18H15BrN4O2/c1-2-7-23-13-9-16(19)25-15(13)8-14(23)18(24)20-10-17-21-11-5-3-4-6-12(11)22-17/h2-6,8-9H,1,7,10H2,(H,20,24)(H,21,22). The summed E-state index contributed by atoms with van der Waals surface area (Å²) in [5.41, 5.74) is 3.86. The van der Waals surface area contributed by atoms with E-state index in [4.69, 9.17) is 4.42 Å². The average Bonchev–Trinajstić information content (AvgIpc) is 3.26. The summed E-state index contributed by atoms with van der Waals surface area (Å²) in [4.78, 5) is 20.3. The molecule has 0 aliphatic heterocycles. The predicted octanol–water partition coefficient (Wildman–Crippen LogP) is 3.99. The van der Waals surface area contributed by atoms with E-state index >= 15 is 0 Å². The number of furan rings is 1. The van der Waals surface area contributed by atoms with Gasteiger partial charge in [0, 0.05) is 18.7 Å². The molecule has 0 aliphatic carbocycles. The number of amides is 1. The van der Waals surface area contributed by atoms with Crippen LogP contribution in [0.5, 0.6) is 0 Å². The molecule has 0 saturated heterocycles. The Kier molecular flexibility index (Phi) is 3.93. The monoisotopic (exact) mass is 398 g/mol. The molecule has 3 heterocycles. The zero-order valence-electron chi connectivity index (χ0n) is 13.3. The Morgan fingerprint density at radius 2 is 2.24 bits per heavy atom. The Balaban J connectivity index is 1.58. The third kappa shape index (κ3) is 2.87. The lowest BCUT2D eigenvalue weighted by atomic mass is 10.3. The van der Waals surface area contributed by atoms with Crippen LogP contribution in [0.1, 0.15) is 16.3 Å². The van der Waals surface area contributed by atoms with E-state index in [1.807, 2.05) is 34.9 Å². The summed E-state index contributed by atoms with van der Waals surface area (Å²) in [6, 6.07) is 11.3. The van der Waals surface area contributed by atoms with Crippen LogP contribution in [0.4, 0.5) is 0 Å². The van der Waals surface area contributed by atoms with E-state index < -0.39 is 0 Å². The van der Waals surface area contributed by atoms with E-state index in [-0.39, 0.29) is 5.91 Å². The van der Waals surface area contributed by atoms with E-state index in [2.05, 4.69) is 37.8 Å². The van der Waals surface area contributed by atoms with Crippen LogP contribution in [0.25, 0.3) is 22.1 Å². The number of nitrogens with one attached hydrogen (secondary N) is 2. The Hall–Kier alpha value is -2.80. The van der Waals surface area contributed by atoms with Gasteiger partial charge in [0.05, 0.1) is 23.1 Å². The number of H-pyrrole nitrogens is 1. The highest BCUT2D eigenvalue weighted by atomic mass is 79.9. The van der Waals surface area contributed by atoms with Crippen LogP contribution in [0.15, 0.2) is 58.1 Å². The quantitative estimate of drug-likeness (QED) is 0.499. The number of aromatic nitrogens is 3. The maximum atomic E-state index is 12.6.